The second-order valence-corrected chi connectivity index (χ2v) is 4.47. The van der Waals surface area contributed by atoms with E-state index in [1.54, 1.807) is 0 Å². The van der Waals surface area contributed by atoms with Gasteiger partial charge in [-0.3, -0.25) is 4.79 Å². The molecule has 1 saturated carbocycles. The lowest BCUT2D eigenvalue weighted by atomic mass is 10.1. The van der Waals surface area contributed by atoms with Crippen molar-refractivity contribution in [3.05, 3.63) is 12.7 Å². The minimum atomic E-state index is -0.419. The second-order valence-electron chi connectivity index (χ2n) is 4.47. The second kappa shape index (κ2) is 5.77. The van der Waals surface area contributed by atoms with Crippen LogP contribution in [0.1, 0.15) is 32.1 Å². The van der Waals surface area contributed by atoms with E-state index < -0.39 is 6.10 Å². The molecule has 94 valence electrons. The zero-order valence-corrected chi connectivity index (χ0v) is 9.75. The number of carbonyl (C=O) groups is 1. The first-order chi connectivity index (χ1) is 8.25. The number of aromatic nitrogens is 3. The zero-order chi connectivity index (χ0) is 12.1. The Morgan fingerprint density at radius 3 is 3.00 bits per heavy atom. The smallest absolute Gasteiger partial charge is 0.242 e. The summed E-state index contributed by atoms with van der Waals surface area (Å²) in [7, 11) is 0. The van der Waals surface area contributed by atoms with E-state index in [4.69, 9.17) is 0 Å². The molecule has 0 aliphatic heterocycles. The third kappa shape index (κ3) is 3.52. The number of hydrogen-bond donors (Lipinski definition) is 2. The topological polar surface area (TPSA) is 80.0 Å². The van der Waals surface area contributed by atoms with Crippen LogP contribution in [0.5, 0.6) is 0 Å². The van der Waals surface area contributed by atoms with E-state index in [1.807, 2.05) is 0 Å². The van der Waals surface area contributed by atoms with Gasteiger partial charge < -0.3 is 10.4 Å². The first kappa shape index (κ1) is 12.0. The van der Waals surface area contributed by atoms with Gasteiger partial charge in [-0.05, 0) is 12.8 Å². The van der Waals surface area contributed by atoms with Gasteiger partial charge in [0.05, 0.1) is 12.1 Å². The Morgan fingerprint density at radius 2 is 2.24 bits per heavy atom. The van der Waals surface area contributed by atoms with Crippen LogP contribution >= 0.6 is 0 Å². The maximum Gasteiger partial charge on any atom is 0.242 e. The number of nitrogens with zero attached hydrogens (tertiary/aromatic N) is 3. The van der Waals surface area contributed by atoms with Crippen LogP contribution < -0.4 is 5.32 Å². The van der Waals surface area contributed by atoms with Gasteiger partial charge in [-0.2, -0.15) is 5.10 Å². The van der Waals surface area contributed by atoms with Crippen molar-refractivity contribution in [3.63, 3.8) is 0 Å². The van der Waals surface area contributed by atoms with E-state index in [0.717, 1.165) is 32.1 Å². The standard InChI is InChI=1S/C11H18N4O2/c16-10-5-3-1-2-4-9(10)14-11(17)6-15-8-12-7-13-15/h7-10,16H,1-6H2,(H,14,17). The number of carbonyl (C=O) groups excluding carboxylic acids is 1. The number of hydrogen-bond acceptors (Lipinski definition) is 4. The lowest BCUT2D eigenvalue weighted by Crippen LogP contribution is -2.44. The van der Waals surface area contributed by atoms with Crippen molar-refractivity contribution in [2.75, 3.05) is 0 Å². The van der Waals surface area contributed by atoms with E-state index in [0.29, 0.717) is 0 Å². The summed E-state index contributed by atoms with van der Waals surface area (Å²) < 4.78 is 1.47. The molecular formula is C11H18N4O2. The number of amides is 1. The third-order valence-electron chi connectivity index (χ3n) is 3.10. The Hall–Kier alpha value is -1.43. The lowest BCUT2D eigenvalue weighted by molar-refractivity contribution is -0.123. The molecular weight excluding hydrogens is 220 g/mol. The van der Waals surface area contributed by atoms with Crippen LogP contribution in [0.4, 0.5) is 0 Å². The molecule has 17 heavy (non-hydrogen) atoms. The summed E-state index contributed by atoms with van der Waals surface area (Å²) in [6, 6.07) is -0.117. The maximum atomic E-state index is 11.7. The van der Waals surface area contributed by atoms with Crippen LogP contribution in [-0.4, -0.2) is 37.9 Å². The Kier molecular flexibility index (Phi) is 4.08. The van der Waals surface area contributed by atoms with Gasteiger partial charge in [-0.15, -0.1) is 0 Å². The van der Waals surface area contributed by atoms with Gasteiger partial charge in [-0.25, -0.2) is 9.67 Å². The van der Waals surface area contributed by atoms with Crippen LogP contribution in [0.25, 0.3) is 0 Å². The summed E-state index contributed by atoms with van der Waals surface area (Å²) in [4.78, 5) is 15.5. The van der Waals surface area contributed by atoms with Crippen LogP contribution in [0.15, 0.2) is 12.7 Å². The third-order valence-corrected chi connectivity index (χ3v) is 3.10. The zero-order valence-electron chi connectivity index (χ0n) is 9.75. The predicted molar refractivity (Wildman–Crippen MR) is 61.0 cm³/mol. The number of aliphatic hydroxyl groups excluding tert-OH is 1. The average Bonchev–Trinajstić information content (AvgIpc) is 2.71. The molecule has 2 rings (SSSR count). The van der Waals surface area contributed by atoms with Crippen molar-refractivity contribution in [1.82, 2.24) is 20.1 Å². The summed E-state index contributed by atoms with van der Waals surface area (Å²) in [5.41, 5.74) is 0. The van der Waals surface area contributed by atoms with Crippen molar-refractivity contribution in [2.24, 2.45) is 0 Å². The van der Waals surface area contributed by atoms with Crippen LogP contribution in [0.2, 0.25) is 0 Å². The minimum Gasteiger partial charge on any atom is -0.391 e. The number of aliphatic hydroxyl groups is 1. The molecule has 1 aliphatic rings. The SMILES string of the molecule is O=C(Cn1cncn1)NC1CCCCCC1O. The Morgan fingerprint density at radius 1 is 1.41 bits per heavy atom. The van der Waals surface area contributed by atoms with E-state index in [1.165, 1.54) is 17.3 Å². The van der Waals surface area contributed by atoms with Crippen LogP contribution in [0, 0.1) is 0 Å². The highest BCUT2D eigenvalue weighted by Gasteiger charge is 2.23. The molecule has 0 saturated heterocycles. The summed E-state index contributed by atoms with van der Waals surface area (Å²) in [6.45, 7) is 0.156. The van der Waals surface area contributed by atoms with Crippen molar-refractivity contribution >= 4 is 5.91 Å². The van der Waals surface area contributed by atoms with E-state index >= 15 is 0 Å². The summed E-state index contributed by atoms with van der Waals surface area (Å²) >= 11 is 0. The molecule has 1 aliphatic carbocycles. The van der Waals surface area contributed by atoms with Gasteiger partial charge in [0.2, 0.25) is 5.91 Å². The fraction of sp³-hybridized carbons (Fsp3) is 0.727. The molecule has 1 aromatic rings. The van der Waals surface area contributed by atoms with Crippen molar-refractivity contribution in [1.29, 1.82) is 0 Å². The van der Waals surface area contributed by atoms with Gasteiger partial charge in [-0.1, -0.05) is 19.3 Å². The minimum absolute atomic E-state index is 0.117. The van der Waals surface area contributed by atoms with Gasteiger partial charge in [0.25, 0.3) is 0 Å². The molecule has 1 heterocycles. The highest BCUT2D eigenvalue weighted by atomic mass is 16.3. The molecule has 6 nitrogen and oxygen atoms in total. The lowest BCUT2D eigenvalue weighted by Gasteiger charge is -2.21. The van der Waals surface area contributed by atoms with Gasteiger partial charge in [0.1, 0.15) is 19.2 Å². The average molecular weight is 238 g/mol. The molecule has 1 fully saturated rings. The Bertz CT molecular complexity index is 352. The Balaban J connectivity index is 1.84. The largest absolute Gasteiger partial charge is 0.391 e. The molecule has 0 bridgehead atoms. The molecule has 2 unspecified atom stereocenters. The summed E-state index contributed by atoms with van der Waals surface area (Å²) in [6.07, 6.45) is 7.33. The molecule has 1 amide bonds. The quantitative estimate of drug-likeness (QED) is 0.731. The van der Waals surface area contributed by atoms with Gasteiger partial charge >= 0.3 is 0 Å². The first-order valence-corrected chi connectivity index (χ1v) is 6.05. The molecule has 0 radical (unpaired) electrons. The van der Waals surface area contributed by atoms with E-state index in [9.17, 15) is 9.90 Å². The fourth-order valence-corrected chi connectivity index (χ4v) is 2.17. The van der Waals surface area contributed by atoms with Crippen LogP contribution in [-0.2, 0) is 11.3 Å². The summed E-state index contributed by atoms with van der Waals surface area (Å²) in [5.74, 6) is -0.124. The number of nitrogens with one attached hydrogen (secondary N) is 1. The summed E-state index contributed by atoms with van der Waals surface area (Å²) in [5, 5.41) is 16.6. The normalized spacial score (nSPS) is 25.2. The molecule has 0 aromatic carbocycles. The molecule has 1 aromatic heterocycles. The van der Waals surface area contributed by atoms with Crippen molar-refractivity contribution in [3.8, 4) is 0 Å². The van der Waals surface area contributed by atoms with E-state index in [-0.39, 0.29) is 18.5 Å². The van der Waals surface area contributed by atoms with Crippen LogP contribution in [0.3, 0.4) is 0 Å². The number of rotatable bonds is 3. The molecule has 2 N–H and O–H groups in total. The van der Waals surface area contributed by atoms with Crippen molar-refractivity contribution < 1.29 is 9.90 Å². The molecule has 0 spiro atoms. The monoisotopic (exact) mass is 238 g/mol. The predicted octanol–water partition coefficient (Wildman–Crippen LogP) is 0.0879. The molecule has 6 heteroatoms. The van der Waals surface area contributed by atoms with Gasteiger partial charge in [0, 0.05) is 0 Å². The Labute approximate surface area is 100 Å². The molecule has 2 atom stereocenters. The highest BCUT2D eigenvalue weighted by molar-refractivity contribution is 5.75. The van der Waals surface area contributed by atoms with Gasteiger partial charge in [0.15, 0.2) is 0 Å². The van der Waals surface area contributed by atoms with E-state index in [2.05, 4.69) is 15.4 Å². The fourth-order valence-electron chi connectivity index (χ4n) is 2.17. The maximum absolute atomic E-state index is 11.7. The highest BCUT2D eigenvalue weighted by Crippen LogP contribution is 2.17. The first-order valence-electron chi connectivity index (χ1n) is 6.05. The van der Waals surface area contributed by atoms with Crippen molar-refractivity contribution in [2.45, 2.75) is 50.8 Å².